The van der Waals surface area contributed by atoms with Gasteiger partial charge in [-0.3, -0.25) is 14.3 Å². The van der Waals surface area contributed by atoms with Gasteiger partial charge in [-0.25, -0.2) is 9.78 Å². The van der Waals surface area contributed by atoms with Gasteiger partial charge in [0.2, 0.25) is 0 Å². The lowest BCUT2D eigenvalue weighted by atomic mass is 10.1. The van der Waals surface area contributed by atoms with Crippen molar-refractivity contribution < 1.29 is 9.53 Å². The minimum absolute atomic E-state index is 0.243. The molecular weight excluding hydrogens is 414 g/mol. The maximum Gasteiger partial charge on any atom is 0.410 e. The van der Waals surface area contributed by atoms with Gasteiger partial charge in [0.25, 0.3) is 5.56 Å². The molecule has 3 aromatic rings. The van der Waals surface area contributed by atoms with E-state index in [2.05, 4.69) is 0 Å². The summed E-state index contributed by atoms with van der Waals surface area (Å²) in [6.07, 6.45) is 1.11. The van der Waals surface area contributed by atoms with Crippen LogP contribution in [0.1, 0.15) is 51.0 Å². The Bertz CT molecular complexity index is 1210. The van der Waals surface area contributed by atoms with Crippen molar-refractivity contribution in [1.82, 2.24) is 14.5 Å². The van der Waals surface area contributed by atoms with Crippen LogP contribution in [0.3, 0.4) is 0 Å². The molecule has 1 atom stereocenters. The molecule has 4 rings (SSSR count). The first kappa shape index (κ1) is 21.4. The molecule has 0 bridgehead atoms. The summed E-state index contributed by atoms with van der Waals surface area (Å²) in [5.74, 6) is 0.522. The van der Waals surface area contributed by atoms with E-state index in [1.807, 2.05) is 52.0 Å². The van der Waals surface area contributed by atoms with Crippen LogP contribution in [0, 0.1) is 6.92 Å². The van der Waals surface area contributed by atoms with Gasteiger partial charge in [-0.05, 0) is 70.4 Å². The molecule has 0 saturated carbocycles. The summed E-state index contributed by atoms with van der Waals surface area (Å²) in [7, 11) is 0. The van der Waals surface area contributed by atoms with Gasteiger partial charge in [0.1, 0.15) is 11.4 Å². The molecule has 2 heterocycles. The lowest BCUT2D eigenvalue weighted by Crippen LogP contribution is -2.38. The van der Waals surface area contributed by atoms with E-state index in [4.69, 9.17) is 21.3 Å². The number of aromatic nitrogens is 2. The van der Waals surface area contributed by atoms with Crippen LogP contribution < -0.4 is 5.56 Å². The molecule has 0 N–H and O–H groups in total. The lowest BCUT2D eigenvalue weighted by Gasteiger charge is -2.29. The Kier molecular flexibility index (Phi) is 5.52. The summed E-state index contributed by atoms with van der Waals surface area (Å²) in [6, 6.07) is 12.5. The van der Waals surface area contributed by atoms with Gasteiger partial charge < -0.3 is 4.74 Å². The molecular formula is C24H26ClN3O3. The molecule has 1 unspecified atom stereocenters. The molecule has 162 valence electrons. The molecule has 2 aromatic carbocycles. The third-order valence-electron chi connectivity index (χ3n) is 5.31. The molecule has 31 heavy (non-hydrogen) atoms. The largest absolute Gasteiger partial charge is 0.444 e. The third kappa shape index (κ3) is 4.17. The van der Waals surface area contributed by atoms with Crippen molar-refractivity contribution in [2.45, 2.75) is 52.2 Å². The Morgan fingerprint density at radius 2 is 1.94 bits per heavy atom. The average Bonchev–Trinajstić information content (AvgIpc) is 3.16. The Hall–Kier alpha value is -2.86. The van der Waals surface area contributed by atoms with Gasteiger partial charge in [0.15, 0.2) is 0 Å². The second-order valence-electron chi connectivity index (χ2n) is 8.92. The van der Waals surface area contributed by atoms with Crippen molar-refractivity contribution in [1.29, 1.82) is 0 Å². The Labute approximate surface area is 186 Å². The molecule has 1 aliphatic rings. The van der Waals surface area contributed by atoms with E-state index in [-0.39, 0.29) is 11.6 Å². The zero-order valence-corrected chi connectivity index (χ0v) is 18.9. The van der Waals surface area contributed by atoms with Crippen LogP contribution in [0.15, 0.2) is 47.3 Å². The fourth-order valence-electron chi connectivity index (χ4n) is 4.02. The predicted octanol–water partition coefficient (Wildman–Crippen LogP) is 5.42. The number of aryl methyl sites for hydroxylation is 1. The van der Waals surface area contributed by atoms with E-state index in [1.54, 1.807) is 27.7 Å². The van der Waals surface area contributed by atoms with Crippen LogP contribution in [0.25, 0.3) is 16.6 Å². The maximum atomic E-state index is 13.6. The quantitative estimate of drug-likeness (QED) is 0.534. The molecule has 0 aliphatic carbocycles. The van der Waals surface area contributed by atoms with Gasteiger partial charge in [-0.2, -0.15) is 0 Å². The monoisotopic (exact) mass is 439 g/mol. The van der Waals surface area contributed by atoms with Gasteiger partial charge in [-0.1, -0.05) is 29.8 Å². The number of likely N-dealkylation sites (tertiary alicyclic amines) is 1. The standard InChI is InChI=1S/C24H26ClN3O3/c1-15-8-5-9-16(14-15)28-21(26-18-11-6-10-17(25)20(18)22(28)29)19-12-7-13-27(19)23(30)31-24(2,3)4/h5-6,8-11,14,19H,7,12-13H2,1-4H3. The van der Waals surface area contributed by atoms with E-state index < -0.39 is 11.7 Å². The summed E-state index contributed by atoms with van der Waals surface area (Å²) in [6.45, 7) is 8.05. The molecule has 1 amide bonds. The van der Waals surface area contributed by atoms with Crippen molar-refractivity contribution in [3.63, 3.8) is 0 Å². The zero-order valence-electron chi connectivity index (χ0n) is 18.2. The van der Waals surface area contributed by atoms with Crippen molar-refractivity contribution in [3.05, 3.63) is 69.2 Å². The van der Waals surface area contributed by atoms with Gasteiger partial charge in [-0.15, -0.1) is 0 Å². The number of nitrogens with zero attached hydrogens (tertiary/aromatic N) is 3. The first-order valence-electron chi connectivity index (χ1n) is 10.4. The summed E-state index contributed by atoms with van der Waals surface area (Å²) in [5.41, 5.74) is 1.39. The highest BCUT2D eigenvalue weighted by Crippen LogP contribution is 2.34. The number of hydrogen-bond acceptors (Lipinski definition) is 4. The molecule has 0 radical (unpaired) electrons. The van der Waals surface area contributed by atoms with E-state index in [0.29, 0.717) is 40.4 Å². The number of benzene rings is 2. The van der Waals surface area contributed by atoms with Crippen LogP contribution >= 0.6 is 11.6 Å². The Morgan fingerprint density at radius 1 is 1.19 bits per heavy atom. The summed E-state index contributed by atoms with van der Waals surface area (Å²) in [4.78, 5) is 33.1. The molecule has 0 spiro atoms. The molecule has 1 aliphatic heterocycles. The molecule has 1 saturated heterocycles. The van der Waals surface area contributed by atoms with Crippen LogP contribution in [-0.2, 0) is 4.74 Å². The fourth-order valence-corrected chi connectivity index (χ4v) is 4.27. The second-order valence-corrected chi connectivity index (χ2v) is 9.32. The first-order chi connectivity index (χ1) is 14.7. The second kappa shape index (κ2) is 8.00. The summed E-state index contributed by atoms with van der Waals surface area (Å²) >= 11 is 6.38. The molecule has 6 nitrogen and oxygen atoms in total. The molecule has 1 aromatic heterocycles. The summed E-state index contributed by atoms with van der Waals surface area (Å²) in [5, 5.41) is 0.731. The number of hydrogen-bond donors (Lipinski definition) is 0. The SMILES string of the molecule is Cc1cccc(-n2c(C3CCCN3C(=O)OC(C)(C)C)nc3cccc(Cl)c3c2=O)c1. The van der Waals surface area contributed by atoms with Crippen LogP contribution in [-0.4, -0.2) is 32.7 Å². The molecule has 7 heteroatoms. The zero-order chi connectivity index (χ0) is 22.3. The van der Waals surface area contributed by atoms with E-state index in [0.717, 1.165) is 12.0 Å². The minimum atomic E-state index is -0.606. The van der Waals surface area contributed by atoms with E-state index >= 15 is 0 Å². The predicted molar refractivity (Wildman–Crippen MR) is 122 cm³/mol. The van der Waals surface area contributed by atoms with E-state index in [1.165, 1.54) is 0 Å². The number of carbonyl (C=O) groups excluding carboxylic acids is 1. The fraction of sp³-hybridized carbons (Fsp3) is 0.375. The highest BCUT2D eigenvalue weighted by Gasteiger charge is 2.36. The average molecular weight is 440 g/mol. The minimum Gasteiger partial charge on any atom is -0.444 e. The lowest BCUT2D eigenvalue weighted by molar-refractivity contribution is 0.0216. The van der Waals surface area contributed by atoms with Crippen molar-refractivity contribution in [2.24, 2.45) is 0 Å². The number of halogens is 1. The van der Waals surface area contributed by atoms with Crippen molar-refractivity contribution in [3.8, 4) is 5.69 Å². The number of fused-ring (bicyclic) bond motifs is 1. The van der Waals surface area contributed by atoms with Gasteiger partial charge >= 0.3 is 6.09 Å². The van der Waals surface area contributed by atoms with Crippen LogP contribution in [0.2, 0.25) is 5.02 Å². The van der Waals surface area contributed by atoms with Gasteiger partial charge in [0.05, 0.1) is 27.7 Å². The number of carbonyl (C=O) groups is 1. The van der Waals surface area contributed by atoms with Gasteiger partial charge in [0, 0.05) is 6.54 Å². The number of rotatable bonds is 2. The van der Waals surface area contributed by atoms with E-state index in [9.17, 15) is 9.59 Å². The van der Waals surface area contributed by atoms with Crippen molar-refractivity contribution >= 4 is 28.6 Å². The normalized spacial score (nSPS) is 16.7. The summed E-state index contributed by atoms with van der Waals surface area (Å²) < 4.78 is 7.22. The molecule has 1 fully saturated rings. The number of ether oxygens (including phenoxy) is 1. The smallest absolute Gasteiger partial charge is 0.410 e. The third-order valence-corrected chi connectivity index (χ3v) is 5.63. The first-order valence-corrected chi connectivity index (χ1v) is 10.8. The number of amides is 1. The Morgan fingerprint density at radius 3 is 2.65 bits per heavy atom. The van der Waals surface area contributed by atoms with Crippen LogP contribution in [0.5, 0.6) is 0 Å². The van der Waals surface area contributed by atoms with Crippen LogP contribution in [0.4, 0.5) is 4.79 Å². The highest BCUT2D eigenvalue weighted by atomic mass is 35.5. The Balaban J connectivity index is 1.93. The highest BCUT2D eigenvalue weighted by molar-refractivity contribution is 6.35. The maximum absolute atomic E-state index is 13.6. The van der Waals surface area contributed by atoms with Crippen molar-refractivity contribution in [2.75, 3.05) is 6.54 Å². The topological polar surface area (TPSA) is 64.4 Å².